The molecule has 0 aliphatic heterocycles. The number of aryl methyl sites for hydroxylation is 1. The lowest BCUT2D eigenvalue weighted by Crippen LogP contribution is -2.34. The number of rotatable bonds is 6. The van der Waals surface area contributed by atoms with E-state index >= 15 is 0 Å². The quantitative estimate of drug-likeness (QED) is 0.758. The lowest BCUT2D eigenvalue weighted by molar-refractivity contribution is -0.122. The molecular formula is C13H20N2O2. The lowest BCUT2D eigenvalue weighted by Gasteiger charge is -2.21. The Labute approximate surface area is 102 Å². The fraction of sp³-hybridized carbons (Fsp3) is 0.462. The average molecular weight is 236 g/mol. The normalized spacial score (nSPS) is 10.3. The van der Waals surface area contributed by atoms with Crippen LogP contribution in [0.4, 0.5) is 5.69 Å². The van der Waals surface area contributed by atoms with Crippen molar-refractivity contribution in [1.29, 1.82) is 0 Å². The first kappa shape index (κ1) is 13.7. The van der Waals surface area contributed by atoms with Crippen molar-refractivity contribution in [3.05, 3.63) is 29.8 Å². The van der Waals surface area contributed by atoms with Gasteiger partial charge in [-0.05, 0) is 31.5 Å². The maximum Gasteiger partial charge on any atom is 0.252 e. The summed E-state index contributed by atoms with van der Waals surface area (Å²) in [5, 5.41) is 0. The highest BCUT2D eigenvalue weighted by Gasteiger charge is 2.13. The molecular weight excluding hydrogens is 216 g/mol. The van der Waals surface area contributed by atoms with Crippen molar-refractivity contribution < 1.29 is 9.53 Å². The maximum atomic E-state index is 11.9. The summed E-state index contributed by atoms with van der Waals surface area (Å²) in [5.74, 6) is -0.0356. The van der Waals surface area contributed by atoms with Gasteiger partial charge in [0.25, 0.3) is 5.91 Å². The van der Waals surface area contributed by atoms with E-state index in [1.165, 1.54) is 0 Å². The number of carbonyl (C=O) groups is 1. The fourth-order valence-electron chi connectivity index (χ4n) is 1.62. The molecule has 0 spiro atoms. The third-order valence-corrected chi connectivity index (χ3v) is 2.42. The Morgan fingerprint density at radius 1 is 1.47 bits per heavy atom. The zero-order valence-electron chi connectivity index (χ0n) is 10.5. The van der Waals surface area contributed by atoms with Gasteiger partial charge in [0.2, 0.25) is 0 Å². The fourth-order valence-corrected chi connectivity index (χ4v) is 1.62. The first-order valence-corrected chi connectivity index (χ1v) is 5.84. The first-order valence-electron chi connectivity index (χ1n) is 5.84. The number of nitrogens with zero attached hydrogens (tertiary/aromatic N) is 1. The minimum atomic E-state index is -0.0356. The number of anilines is 1. The van der Waals surface area contributed by atoms with Gasteiger partial charge in [0.05, 0.1) is 6.61 Å². The van der Waals surface area contributed by atoms with Gasteiger partial charge in [0.1, 0.15) is 6.61 Å². The van der Waals surface area contributed by atoms with E-state index in [1.807, 2.05) is 38.1 Å². The number of amides is 1. The molecule has 0 atom stereocenters. The van der Waals surface area contributed by atoms with Crippen LogP contribution >= 0.6 is 0 Å². The molecule has 2 N–H and O–H groups in total. The highest BCUT2D eigenvalue weighted by molar-refractivity contribution is 5.94. The molecule has 0 heterocycles. The standard InChI is InChI=1S/C13H20N2O2/c1-3-15(13(16)10-17-8-7-14)12-6-4-5-11(2)9-12/h4-6,9H,3,7-8,10,14H2,1-2H3. The van der Waals surface area contributed by atoms with Crippen molar-refractivity contribution in [2.45, 2.75) is 13.8 Å². The highest BCUT2D eigenvalue weighted by atomic mass is 16.5. The third-order valence-electron chi connectivity index (χ3n) is 2.42. The Hall–Kier alpha value is -1.39. The van der Waals surface area contributed by atoms with Gasteiger partial charge in [-0.25, -0.2) is 0 Å². The molecule has 4 nitrogen and oxygen atoms in total. The van der Waals surface area contributed by atoms with Crippen LogP contribution in [0.2, 0.25) is 0 Å². The van der Waals surface area contributed by atoms with Gasteiger partial charge in [0, 0.05) is 18.8 Å². The second-order valence-electron chi connectivity index (χ2n) is 3.82. The summed E-state index contributed by atoms with van der Waals surface area (Å²) in [6, 6.07) is 7.87. The predicted molar refractivity (Wildman–Crippen MR) is 69.1 cm³/mol. The first-order chi connectivity index (χ1) is 8.19. The molecule has 17 heavy (non-hydrogen) atoms. The van der Waals surface area contributed by atoms with Gasteiger partial charge >= 0.3 is 0 Å². The SMILES string of the molecule is CCN(C(=O)COCCN)c1cccc(C)c1. The van der Waals surface area contributed by atoms with Crippen LogP contribution in [-0.2, 0) is 9.53 Å². The van der Waals surface area contributed by atoms with Gasteiger partial charge in [-0.2, -0.15) is 0 Å². The largest absolute Gasteiger partial charge is 0.370 e. The molecule has 4 heteroatoms. The van der Waals surface area contributed by atoms with Gasteiger partial charge in [-0.3, -0.25) is 4.79 Å². The van der Waals surface area contributed by atoms with Crippen molar-refractivity contribution in [2.75, 3.05) is 31.2 Å². The van der Waals surface area contributed by atoms with E-state index in [1.54, 1.807) is 4.90 Å². The zero-order valence-corrected chi connectivity index (χ0v) is 10.5. The van der Waals surface area contributed by atoms with Gasteiger partial charge in [-0.15, -0.1) is 0 Å². The average Bonchev–Trinajstić information content (AvgIpc) is 2.30. The summed E-state index contributed by atoms with van der Waals surface area (Å²) >= 11 is 0. The van der Waals surface area contributed by atoms with Crippen molar-refractivity contribution in [2.24, 2.45) is 5.73 Å². The molecule has 94 valence electrons. The molecule has 1 aromatic carbocycles. The second-order valence-corrected chi connectivity index (χ2v) is 3.82. The summed E-state index contributed by atoms with van der Waals surface area (Å²) in [6.07, 6.45) is 0. The van der Waals surface area contributed by atoms with Crippen LogP contribution in [0.5, 0.6) is 0 Å². The van der Waals surface area contributed by atoms with Gasteiger partial charge in [-0.1, -0.05) is 12.1 Å². The zero-order chi connectivity index (χ0) is 12.7. The molecule has 0 aliphatic rings. The Bertz CT molecular complexity index is 366. The Morgan fingerprint density at radius 3 is 2.82 bits per heavy atom. The third kappa shape index (κ3) is 4.17. The van der Waals surface area contributed by atoms with Crippen LogP contribution in [0.15, 0.2) is 24.3 Å². The summed E-state index contributed by atoms with van der Waals surface area (Å²) < 4.78 is 5.16. The molecule has 0 aliphatic carbocycles. The van der Waals surface area contributed by atoms with E-state index in [4.69, 9.17) is 10.5 Å². The Kier molecular flexibility index (Phi) is 5.66. The molecule has 0 radical (unpaired) electrons. The van der Waals surface area contributed by atoms with E-state index in [0.29, 0.717) is 19.7 Å². The number of carbonyl (C=O) groups excluding carboxylic acids is 1. The van der Waals surface area contributed by atoms with Crippen LogP contribution in [0.25, 0.3) is 0 Å². The number of hydrogen-bond acceptors (Lipinski definition) is 3. The van der Waals surface area contributed by atoms with Crippen LogP contribution < -0.4 is 10.6 Å². The van der Waals surface area contributed by atoms with Gasteiger partial charge in [0.15, 0.2) is 0 Å². The molecule has 0 aromatic heterocycles. The van der Waals surface area contributed by atoms with Crippen molar-refractivity contribution in [3.63, 3.8) is 0 Å². The summed E-state index contributed by atoms with van der Waals surface area (Å²) in [7, 11) is 0. The molecule has 1 rings (SSSR count). The molecule has 0 bridgehead atoms. The van der Waals surface area contributed by atoms with Crippen LogP contribution in [-0.4, -0.2) is 32.2 Å². The van der Waals surface area contributed by atoms with E-state index < -0.39 is 0 Å². The van der Waals surface area contributed by atoms with Crippen molar-refractivity contribution in [1.82, 2.24) is 0 Å². The Morgan fingerprint density at radius 2 is 2.24 bits per heavy atom. The van der Waals surface area contributed by atoms with Crippen LogP contribution in [0.3, 0.4) is 0 Å². The monoisotopic (exact) mass is 236 g/mol. The number of hydrogen-bond donors (Lipinski definition) is 1. The smallest absolute Gasteiger partial charge is 0.252 e. The van der Waals surface area contributed by atoms with Gasteiger partial charge < -0.3 is 15.4 Å². The minimum Gasteiger partial charge on any atom is -0.370 e. The van der Waals surface area contributed by atoms with Crippen LogP contribution in [0.1, 0.15) is 12.5 Å². The Balaban J connectivity index is 2.67. The number of likely N-dealkylation sites (N-methyl/N-ethyl adjacent to an activating group) is 1. The predicted octanol–water partition coefficient (Wildman–Crippen LogP) is 1.32. The lowest BCUT2D eigenvalue weighted by atomic mass is 10.2. The van der Waals surface area contributed by atoms with E-state index in [0.717, 1.165) is 11.3 Å². The molecule has 1 amide bonds. The maximum absolute atomic E-state index is 11.9. The second kappa shape index (κ2) is 7.04. The topological polar surface area (TPSA) is 55.6 Å². The number of nitrogens with two attached hydrogens (primary N) is 1. The molecule has 0 saturated heterocycles. The number of ether oxygens (including phenoxy) is 1. The molecule has 0 fully saturated rings. The molecule has 0 saturated carbocycles. The minimum absolute atomic E-state index is 0.0356. The van der Waals surface area contributed by atoms with Crippen molar-refractivity contribution in [3.8, 4) is 0 Å². The summed E-state index contributed by atoms with van der Waals surface area (Å²) in [5.41, 5.74) is 7.35. The number of benzene rings is 1. The summed E-state index contributed by atoms with van der Waals surface area (Å²) in [4.78, 5) is 13.6. The summed E-state index contributed by atoms with van der Waals surface area (Å²) in [6.45, 7) is 5.52. The van der Waals surface area contributed by atoms with E-state index in [-0.39, 0.29) is 12.5 Å². The van der Waals surface area contributed by atoms with Crippen LogP contribution in [0, 0.1) is 6.92 Å². The van der Waals surface area contributed by atoms with E-state index in [2.05, 4.69) is 0 Å². The highest BCUT2D eigenvalue weighted by Crippen LogP contribution is 2.15. The van der Waals surface area contributed by atoms with E-state index in [9.17, 15) is 4.79 Å². The van der Waals surface area contributed by atoms with Crippen molar-refractivity contribution >= 4 is 11.6 Å². The molecule has 0 unspecified atom stereocenters. The molecule has 1 aromatic rings.